The summed E-state index contributed by atoms with van der Waals surface area (Å²) < 4.78 is 0. The summed E-state index contributed by atoms with van der Waals surface area (Å²) >= 11 is 0. The van der Waals surface area contributed by atoms with Crippen molar-refractivity contribution in [2.24, 2.45) is 0 Å². The number of benzene rings is 4. The largest absolute Gasteiger partial charge is 0.248 e. The third-order valence-electron chi connectivity index (χ3n) is 6.55. The Morgan fingerprint density at radius 2 is 1.09 bits per heavy atom. The Morgan fingerprint density at radius 3 is 1.88 bits per heavy atom. The van der Waals surface area contributed by atoms with E-state index in [-0.39, 0.29) is 0 Å². The Labute approximate surface area is 203 Å². The van der Waals surface area contributed by atoms with Crippen LogP contribution in [-0.4, -0.2) is 4.98 Å². The highest BCUT2D eigenvalue weighted by atomic mass is 14.7. The summed E-state index contributed by atoms with van der Waals surface area (Å²) in [6, 6.07) is 41.1. The van der Waals surface area contributed by atoms with Gasteiger partial charge in [-0.3, -0.25) is 0 Å². The number of aromatic nitrogens is 1. The number of hydrogen-bond acceptors (Lipinski definition) is 1. The van der Waals surface area contributed by atoms with Crippen LogP contribution in [0.25, 0.3) is 33.3 Å². The zero-order valence-corrected chi connectivity index (χ0v) is 19.7. The molecule has 0 aliphatic carbocycles. The van der Waals surface area contributed by atoms with Gasteiger partial charge < -0.3 is 0 Å². The lowest BCUT2D eigenvalue weighted by atomic mass is 9.95. The molecule has 0 amide bonds. The van der Waals surface area contributed by atoms with E-state index in [1.807, 2.05) is 0 Å². The van der Waals surface area contributed by atoms with Crippen molar-refractivity contribution in [2.75, 3.05) is 0 Å². The van der Waals surface area contributed by atoms with Gasteiger partial charge in [0.25, 0.3) is 0 Å². The lowest BCUT2D eigenvalue weighted by Gasteiger charge is -2.12. The average Bonchev–Trinajstić information content (AvgIpc) is 2.91. The van der Waals surface area contributed by atoms with Crippen molar-refractivity contribution in [3.63, 3.8) is 0 Å². The standard InChI is InChI=1S/C33H31N/c1(5-14-26-15-7-3-8-16-26)2-6-17-27-18-13-21-29(24-27)31-25-33(28-19-9-4-10-20-28)34-32-23-12-11-22-30(31)32/h3-4,7-13,15-16,18-25H,1-2,5-6,14,17H2. The van der Waals surface area contributed by atoms with E-state index >= 15 is 0 Å². The number of para-hydroxylation sites is 1. The first-order chi connectivity index (χ1) is 16.9. The molecule has 1 aromatic heterocycles. The van der Waals surface area contributed by atoms with E-state index in [2.05, 4.69) is 115 Å². The molecule has 0 saturated heterocycles. The van der Waals surface area contributed by atoms with Crippen molar-refractivity contribution in [3.05, 3.63) is 126 Å². The molecular weight excluding hydrogens is 410 g/mol. The van der Waals surface area contributed by atoms with Crippen LogP contribution in [-0.2, 0) is 12.8 Å². The SMILES string of the molecule is c1ccc(CCCCCCc2cccc(-c3cc(-c4ccccc4)nc4ccccc34)c2)cc1. The molecule has 0 aliphatic heterocycles. The minimum atomic E-state index is 1.03. The first kappa shape index (κ1) is 22.1. The van der Waals surface area contributed by atoms with Crippen LogP contribution in [0.15, 0.2) is 115 Å². The molecule has 0 unspecified atom stereocenters. The van der Waals surface area contributed by atoms with Crippen molar-refractivity contribution in [1.82, 2.24) is 4.98 Å². The van der Waals surface area contributed by atoms with Gasteiger partial charge in [0.1, 0.15) is 0 Å². The number of nitrogens with zero attached hydrogens (tertiary/aromatic N) is 1. The second-order valence-corrected chi connectivity index (χ2v) is 9.04. The third kappa shape index (κ3) is 5.43. The van der Waals surface area contributed by atoms with E-state index in [0.717, 1.165) is 23.2 Å². The molecular formula is C33H31N. The van der Waals surface area contributed by atoms with E-state index < -0.39 is 0 Å². The zero-order valence-electron chi connectivity index (χ0n) is 19.7. The number of rotatable bonds is 9. The molecule has 0 N–H and O–H groups in total. The van der Waals surface area contributed by atoms with Gasteiger partial charge in [0.05, 0.1) is 11.2 Å². The van der Waals surface area contributed by atoms with Gasteiger partial charge in [-0.15, -0.1) is 0 Å². The molecule has 1 nitrogen and oxygen atoms in total. The van der Waals surface area contributed by atoms with Crippen molar-refractivity contribution in [2.45, 2.75) is 38.5 Å². The van der Waals surface area contributed by atoms with Crippen LogP contribution < -0.4 is 0 Å². The van der Waals surface area contributed by atoms with Gasteiger partial charge in [-0.1, -0.05) is 116 Å². The number of unbranched alkanes of at least 4 members (excludes halogenated alkanes) is 3. The summed E-state index contributed by atoms with van der Waals surface area (Å²) in [5, 5.41) is 1.21. The monoisotopic (exact) mass is 441 g/mol. The number of pyridine rings is 1. The minimum absolute atomic E-state index is 1.03. The van der Waals surface area contributed by atoms with Crippen molar-refractivity contribution in [1.29, 1.82) is 0 Å². The predicted octanol–water partition coefficient (Wildman–Crippen LogP) is 8.91. The van der Waals surface area contributed by atoms with Gasteiger partial charge in [0.2, 0.25) is 0 Å². The summed E-state index contributed by atoms with van der Waals surface area (Å²) in [6.45, 7) is 0. The molecule has 1 heteroatoms. The molecule has 0 bridgehead atoms. The molecule has 0 spiro atoms. The molecule has 5 aromatic rings. The number of fused-ring (bicyclic) bond motifs is 1. The van der Waals surface area contributed by atoms with Crippen LogP contribution in [0.1, 0.15) is 36.8 Å². The van der Waals surface area contributed by atoms with Crippen LogP contribution in [0.3, 0.4) is 0 Å². The molecule has 0 atom stereocenters. The Morgan fingerprint density at radius 1 is 0.471 bits per heavy atom. The molecule has 1 heterocycles. The summed E-state index contributed by atoms with van der Waals surface area (Å²) in [5.74, 6) is 0. The van der Waals surface area contributed by atoms with E-state index in [4.69, 9.17) is 4.98 Å². The lowest BCUT2D eigenvalue weighted by molar-refractivity contribution is 0.640. The van der Waals surface area contributed by atoms with Crippen molar-refractivity contribution < 1.29 is 0 Å². The first-order valence-electron chi connectivity index (χ1n) is 12.5. The van der Waals surface area contributed by atoms with E-state index in [1.165, 1.54) is 59.7 Å². The second-order valence-electron chi connectivity index (χ2n) is 9.04. The molecule has 0 fully saturated rings. The highest BCUT2D eigenvalue weighted by molar-refractivity contribution is 5.96. The smallest absolute Gasteiger partial charge is 0.0715 e. The number of aryl methyl sites for hydroxylation is 2. The topological polar surface area (TPSA) is 12.9 Å². The summed E-state index contributed by atoms with van der Waals surface area (Å²) in [6.07, 6.45) is 7.42. The Balaban J connectivity index is 1.29. The van der Waals surface area contributed by atoms with Gasteiger partial charge in [-0.2, -0.15) is 0 Å². The van der Waals surface area contributed by atoms with Gasteiger partial charge >= 0.3 is 0 Å². The van der Waals surface area contributed by atoms with Crippen molar-refractivity contribution >= 4 is 10.9 Å². The molecule has 0 radical (unpaired) electrons. The Hall–Kier alpha value is -3.71. The van der Waals surface area contributed by atoms with Gasteiger partial charge in [0, 0.05) is 10.9 Å². The normalized spacial score (nSPS) is 11.1. The van der Waals surface area contributed by atoms with Gasteiger partial charge in [-0.25, -0.2) is 4.98 Å². The predicted molar refractivity (Wildman–Crippen MR) is 145 cm³/mol. The van der Waals surface area contributed by atoms with E-state index in [9.17, 15) is 0 Å². The highest BCUT2D eigenvalue weighted by Gasteiger charge is 2.10. The second kappa shape index (κ2) is 10.9. The van der Waals surface area contributed by atoms with Gasteiger partial charge in [0.15, 0.2) is 0 Å². The minimum Gasteiger partial charge on any atom is -0.248 e. The zero-order chi connectivity index (χ0) is 23.0. The van der Waals surface area contributed by atoms with Crippen LogP contribution >= 0.6 is 0 Å². The first-order valence-corrected chi connectivity index (χ1v) is 12.5. The lowest BCUT2D eigenvalue weighted by Crippen LogP contribution is -1.92. The quantitative estimate of drug-likeness (QED) is 0.208. The van der Waals surface area contributed by atoms with E-state index in [1.54, 1.807) is 0 Å². The summed E-state index contributed by atoms with van der Waals surface area (Å²) in [4.78, 5) is 4.95. The molecule has 4 aromatic carbocycles. The number of hydrogen-bond donors (Lipinski definition) is 0. The maximum atomic E-state index is 4.95. The van der Waals surface area contributed by atoms with E-state index in [0.29, 0.717) is 0 Å². The van der Waals surface area contributed by atoms with Crippen LogP contribution in [0.2, 0.25) is 0 Å². The molecule has 5 rings (SSSR count). The molecule has 0 aliphatic rings. The average molecular weight is 442 g/mol. The Kier molecular flexibility index (Phi) is 7.11. The third-order valence-corrected chi connectivity index (χ3v) is 6.55. The fourth-order valence-electron chi connectivity index (χ4n) is 4.72. The van der Waals surface area contributed by atoms with Crippen LogP contribution in [0.4, 0.5) is 0 Å². The summed E-state index contributed by atoms with van der Waals surface area (Å²) in [7, 11) is 0. The van der Waals surface area contributed by atoms with Gasteiger partial charge in [-0.05, 0) is 60.1 Å². The molecule has 0 saturated carbocycles. The molecule has 168 valence electrons. The fraction of sp³-hybridized carbons (Fsp3) is 0.182. The van der Waals surface area contributed by atoms with Crippen LogP contribution in [0, 0.1) is 0 Å². The highest BCUT2D eigenvalue weighted by Crippen LogP contribution is 2.32. The maximum absolute atomic E-state index is 4.95. The Bertz CT molecular complexity index is 1340. The summed E-state index contributed by atoms with van der Waals surface area (Å²) in [5.41, 5.74) is 8.63. The van der Waals surface area contributed by atoms with Crippen molar-refractivity contribution in [3.8, 4) is 22.4 Å². The molecule has 34 heavy (non-hydrogen) atoms. The van der Waals surface area contributed by atoms with Crippen LogP contribution in [0.5, 0.6) is 0 Å². The maximum Gasteiger partial charge on any atom is 0.0715 e. The fourth-order valence-corrected chi connectivity index (χ4v) is 4.72.